The van der Waals surface area contributed by atoms with Gasteiger partial charge >= 0.3 is 0 Å². The van der Waals surface area contributed by atoms with Crippen LogP contribution in [0.3, 0.4) is 0 Å². The normalized spacial score (nSPS) is 17.4. The summed E-state index contributed by atoms with van der Waals surface area (Å²) in [5.41, 5.74) is -0.399. The molecule has 0 spiro atoms. The lowest BCUT2D eigenvalue weighted by molar-refractivity contribution is -0.0300. The van der Waals surface area contributed by atoms with Crippen LogP contribution >= 0.6 is 0 Å². The van der Waals surface area contributed by atoms with Crippen molar-refractivity contribution < 1.29 is 9.90 Å². The molecule has 0 aromatic carbocycles. The smallest absolute Gasteiger partial charge is 0.271 e. The fraction of sp³-hybridized carbons (Fsp3) is 0.417. The Morgan fingerprint density at radius 3 is 3.06 bits per heavy atom. The summed E-state index contributed by atoms with van der Waals surface area (Å²) in [6.07, 6.45) is 7.56. The first kappa shape index (κ1) is 11.2. The zero-order chi connectivity index (χ0) is 12.6. The summed E-state index contributed by atoms with van der Waals surface area (Å²) in [4.78, 5) is 20.0. The van der Waals surface area contributed by atoms with Crippen molar-refractivity contribution in [1.82, 2.24) is 19.7 Å². The summed E-state index contributed by atoms with van der Waals surface area (Å²) in [6, 6.07) is 1.77. The molecule has 0 unspecified atom stereocenters. The van der Waals surface area contributed by atoms with Gasteiger partial charge < -0.3 is 10.4 Å². The van der Waals surface area contributed by atoms with Crippen molar-refractivity contribution in [3.05, 3.63) is 30.4 Å². The maximum Gasteiger partial charge on any atom is 0.271 e. The Morgan fingerprint density at radius 2 is 2.39 bits per heavy atom. The fourth-order valence-electron chi connectivity index (χ4n) is 2.04. The van der Waals surface area contributed by atoms with Crippen LogP contribution in [0.4, 0.5) is 0 Å². The summed E-state index contributed by atoms with van der Waals surface area (Å²) in [5, 5.41) is 12.6. The van der Waals surface area contributed by atoms with Crippen molar-refractivity contribution in [3.8, 4) is 0 Å². The van der Waals surface area contributed by atoms with E-state index >= 15 is 0 Å². The minimum atomic E-state index is -0.715. The molecule has 2 aromatic rings. The van der Waals surface area contributed by atoms with Crippen LogP contribution < -0.4 is 5.32 Å². The molecule has 0 bridgehead atoms. The molecule has 6 nitrogen and oxygen atoms in total. The van der Waals surface area contributed by atoms with Gasteiger partial charge in [0.2, 0.25) is 5.78 Å². The molecular formula is C12H14N4O2. The molecule has 0 saturated heterocycles. The van der Waals surface area contributed by atoms with Gasteiger partial charge in [-0.15, -0.1) is 0 Å². The lowest BCUT2D eigenvalue weighted by Gasteiger charge is -2.36. The second kappa shape index (κ2) is 4.06. The van der Waals surface area contributed by atoms with Gasteiger partial charge in [-0.25, -0.2) is 9.97 Å². The maximum absolute atomic E-state index is 11.9. The van der Waals surface area contributed by atoms with E-state index in [9.17, 15) is 9.90 Å². The number of nitrogens with one attached hydrogen (secondary N) is 1. The van der Waals surface area contributed by atoms with Gasteiger partial charge in [-0.2, -0.15) is 0 Å². The van der Waals surface area contributed by atoms with Gasteiger partial charge in [-0.3, -0.25) is 9.20 Å². The SMILES string of the molecule is O=C(NCC1(O)CCC1)c1cn2cccnc2n1. The maximum atomic E-state index is 11.9. The van der Waals surface area contributed by atoms with Crippen LogP contribution in [0.15, 0.2) is 24.7 Å². The summed E-state index contributed by atoms with van der Waals surface area (Å²) >= 11 is 0. The second-order valence-corrected chi connectivity index (χ2v) is 4.71. The average Bonchev–Trinajstić information content (AvgIpc) is 2.77. The Balaban J connectivity index is 1.71. The van der Waals surface area contributed by atoms with Gasteiger partial charge in [-0.1, -0.05) is 0 Å². The number of carbonyl (C=O) groups is 1. The predicted molar refractivity (Wildman–Crippen MR) is 64.1 cm³/mol. The first-order chi connectivity index (χ1) is 8.66. The molecule has 2 N–H and O–H groups in total. The molecule has 3 rings (SSSR count). The van der Waals surface area contributed by atoms with E-state index in [4.69, 9.17) is 0 Å². The molecule has 1 fully saturated rings. The second-order valence-electron chi connectivity index (χ2n) is 4.71. The molecule has 0 aliphatic heterocycles. The van der Waals surface area contributed by atoms with Crippen LogP contribution in [-0.4, -0.2) is 37.5 Å². The van der Waals surface area contributed by atoms with Crippen molar-refractivity contribution >= 4 is 11.7 Å². The lowest BCUT2D eigenvalue weighted by Crippen LogP contribution is -2.47. The van der Waals surface area contributed by atoms with E-state index in [0.29, 0.717) is 11.5 Å². The number of hydrogen-bond donors (Lipinski definition) is 2. The summed E-state index contributed by atoms with van der Waals surface area (Å²) < 4.78 is 1.69. The third-order valence-corrected chi connectivity index (χ3v) is 3.33. The highest BCUT2D eigenvalue weighted by molar-refractivity contribution is 5.92. The monoisotopic (exact) mass is 246 g/mol. The quantitative estimate of drug-likeness (QED) is 0.820. The highest BCUT2D eigenvalue weighted by Gasteiger charge is 2.34. The number of fused-ring (bicyclic) bond motifs is 1. The molecular weight excluding hydrogens is 232 g/mol. The zero-order valence-electron chi connectivity index (χ0n) is 9.83. The number of rotatable bonds is 3. The van der Waals surface area contributed by atoms with E-state index in [1.165, 1.54) is 0 Å². The molecule has 2 heterocycles. The predicted octanol–water partition coefficient (Wildman–Crippen LogP) is 0.374. The molecule has 1 aliphatic carbocycles. The standard InChI is InChI=1S/C12H14N4O2/c17-10(14-8-12(18)3-1-4-12)9-7-16-6-2-5-13-11(16)15-9/h2,5-7,18H,1,3-4,8H2,(H,14,17). The molecule has 94 valence electrons. The lowest BCUT2D eigenvalue weighted by atomic mass is 9.80. The number of hydrogen-bond acceptors (Lipinski definition) is 4. The molecule has 6 heteroatoms. The van der Waals surface area contributed by atoms with Crippen LogP contribution in [0.25, 0.3) is 5.78 Å². The Labute approximate surface area is 104 Å². The zero-order valence-corrected chi connectivity index (χ0v) is 9.83. The highest BCUT2D eigenvalue weighted by Crippen LogP contribution is 2.30. The minimum absolute atomic E-state index is 0.277. The van der Waals surface area contributed by atoms with Crippen LogP contribution in [0.2, 0.25) is 0 Å². The highest BCUT2D eigenvalue weighted by atomic mass is 16.3. The van der Waals surface area contributed by atoms with Gasteiger partial charge in [0, 0.05) is 25.1 Å². The number of carbonyl (C=O) groups excluding carboxylic acids is 1. The van der Waals surface area contributed by atoms with E-state index in [1.807, 2.05) is 0 Å². The van der Waals surface area contributed by atoms with Crippen LogP contribution in [0.5, 0.6) is 0 Å². The first-order valence-corrected chi connectivity index (χ1v) is 5.97. The van der Waals surface area contributed by atoms with Crippen molar-refractivity contribution in [2.45, 2.75) is 24.9 Å². The van der Waals surface area contributed by atoms with E-state index in [0.717, 1.165) is 19.3 Å². The topological polar surface area (TPSA) is 79.5 Å². The number of aliphatic hydroxyl groups is 1. The van der Waals surface area contributed by atoms with Crippen molar-refractivity contribution in [3.63, 3.8) is 0 Å². The van der Waals surface area contributed by atoms with Gasteiger partial charge in [0.1, 0.15) is 5.69 Å². The number of nitrogens with zero attached hydrogens (tertiary/aromatic N) is 3. The van der Waals surface area contributed by atoms with Crippen LogP contribution in [0.1, 0.15) is 29.8 Å². The van der Waals surface area contributed by atoms with Crippen molar-refractivity contribution in [1.29, 1.82) is 0 Å². The largest absolute Gasteiger partial charge is 0.388 e. The summed E-state index contributed by atoms with van der Waals surface area (Å²) in [5.74, 6) is 0.214. The number of imidazole rings is 1. The third kappa shape index (κ3) is 1.95. The summed E-state index contributed by atoms with van der Waals surface area (Å²) in [6.45, 7) is 0.285. The molecule has 0 radical (unpaired) electrons. The molecule has 1 amide bonds. The molecule has 2 aromatic heterocycles. The third-order valence-electron chi connectivity index (χ3n) is 3.33. The molecule has 1 aliphatic rings. The summed E-state index contributed by atoms with van der Waals surface area (Å²) in [7, 11) is 0. The molecule has 1 saturated carbocycles. The van der Waals surface area contributed by atoms with E-state index in [-0.39, 0.29) is 12.5 Å². The van der Waals surface area contributed by atoms with E-state index in [2.05, 4.69) is 15.3 Å². The van der Waals surface area contributed by atoms with E-state index in [1.54, 1.807) is 29.1 Å². The van der Waals surface area contributed by atoms with Gasteiger partial charge in [0.15, 0.2) is 0 Å². The van der Waals surface area contributed by atoms with Crippen LogP contribution in [0, 0.1) is 0 Å². The Kier molecular flexibility index (Phi) is 2.52. The van der Waals surface area contributed by atoms with Gasteiger partial charge in [0.25, 0.3) is 5.91 Å². The van der Waals surface area contributed by atoms with Gasteiger partial charge in [-0.05, 0) is 25.3 Å². The fourth-order valence-corrected chi connectivity index (χ4v) is 2.04. The van der Waals surface area contributed by atoms with Crippen molar-refractivity contribution in [2.75, 3.05) is 6.54 Å². The van der Waals surface area contributed by atoms with Crippen molar-refractivity contribution in [2.24, 2.45) is 0 Å². The van der Waals surface area contributed by atoms with E-state index < -0.39 is 5.60 Å². The Hall–Kier alpha value is -1.95. The number of aromatic nitrogens is 3. The Bertz CT molecular complexity index is 556. The minimum Gasteiger partial charge on any atom is -0.388 e. The first-order valence-electron chi connectivity index (χ1n) is 5.97. The van der Waals surface area contributed by atoms with Gasteiger partial charge in [0.05, 0.1) is 5.60 Å². The average molecular weight is 246 g/mol. The van der Waals surface area contributed by atoms with Crippen LogP contribution in [-0.2, 0) is 0 Å². The molecule has 18 heavy (non-hydrogen) atoms. The Morgan fingerprint density at radius 1 is 1.56 bits per heavy atom. The number of amides is 1. The molecule has 0 atom stereocenters.